The molecule has 0 fully saturated rings. The normalized spacial score (nSPS) is 11.6. The highest BCUT2D eigenvalue weighted by Crippen LogP contribution is 2.48. The molecule has 0 heteroatoms. The first-order chi connectivity index (χ1) is 48.4. The van der Waals surface area contributed by atoms with Gasteiger partial charge in [-0.25, -0.2) is 0 Å². The first-order valence-corrected chi connectivity index (χ1v) is 36.5. The van der Waals surface area contributed by atoms with Crippen LogP contribution in [0.1, 0.15) is 113 Å². The Kier molecular flexibility index (Phi) is 18.9. The van der Waals surface area contributed by atoms with Crippen molar-refractivity contribution in [1.82, 2.24) is 0 Å². The van der Waals surface area contributed by atoms with Gasteiger partial charge in [0.25, 0.3) is 0 Å². The molecular formula is C98H88. The van der Waals surface area contributed by atoms with Crippen molar-refractivity contribution in [2.24, 2.45) is 0 Å². The van der Waals surface area contributed by atoms with E-state index in [1.54, 1.807) is 0 Å². The zero-order chi connectivity index (χ0) is 66.3. The molecule has 0 spiro atoms. The van der Waals surface area contributed by atoms with Crippen LogP contribution in [0.4, 0.5) is 0 Å². The van der Waals surface area contributed by atoms with Crippen molar-refractivity contribution in [1.29, 1.82) is 0 Å². The summed E-state index contributed by atoms with van der Waals surface area (Å²) in [5.74, 6) is 0. The van der Waals surface area contributed by atoms with Crippen LogP contribution in [0, 0.1) is 13.8 Å². The van der Waals surface area contributed by atoms with Crippen molar-refractivity contribution in [3.8, 4) is 66.8 Å². The molecule has 98 heavy (non-hydrogen) atoms. The summed E-state index contributed by atoms with van der Waals surface area (Å²) in [6.07, 6.45) is 18.2. The van der Waals surface area contributed by atoms with Crippen LogP contribution in [0.3, 0.4) is 0 Å². The largest absolute Gasteiger partial charge is 0.0654 e. The predicted octanol–water partition coefficient (Wildman–Crippen LogP) is 29.0. The second kappa shape index (κ2) is 29.1. The molecule has 0 aliphatic rings. The third-order valence-corrected chi connectivity index (χ3v) is 21.4. The van der Waals surface area contributed by atoms with Crippen molar-refractivity contribution in [2.45, 2.75) is 118 Å². The Morgan fingerprint density at radius 3 is 0.765 bits per heavy atom. The average molecular weight is 1270 g/mol. The second-order valence-electron chi connectivity index (χ2n) is 27.5. The van der Waals surface area contributed by atoms with E-state index in [2.05, 4.69) is 319 Å². The molecule has 0 aromatic heterocycles. The lowest BCUT2D eigenvalue weighted by Gasteiger charge is -2.18. The summed E-state index contributed by atoms with van der Waals surface area (Å²) >= 11 is 0. The van der Waals surface area contributed by atoms with E-state index in [0.29, 0.717) is 0 Å². The fourth-order valence-corrected chi connectivity index (χ4v) is 16.2. The first-order valence-electron chi connectivity index (χ1n) is 36.5. The van der Waals surface area contributed by atoms with Gasteiger partial charge in [0.05, 0.1) is 0 Å². The fraction of sp³-hybridized carbons (Fsp3) is 0.184. The van der Waals surface area contributed by atoms with E-state index in [4.69, 9.17) is 0 Å². The van der Waals surface area contributed by atoms with Gasteiger partial charge in [0.15, 0.2) is 0 Å². The van der Waals surface area contributed by atoms with E-state index in [1.165, 1.54) is 252 Å². The van der Waals surface area contributed by atoms with Gasteiger partial charge in [-0.15, -0.1) is 0 Å². The zero-order valence-corrected chi connectivity index (χ0v) is 57.6. The molecular weight excluding hydrogens is 1180 g/mol. The third-order valence-electron chi connectivity index (χ3n) is 21.4. The molecule has 0 aliphatic heterocycles. The molecule has 0 amide bonds. The molecule has 0 radical (unpaired) electrons. The number of rotatable bonds is 20. The van der Waals surface area contributed by atoms with Crippen LogP contribution in [0.25, 0.3) is 153 Å². The average Bonchev–Trinajstić information content (AvgIpc) is 0.739. The van der Waals surface area contributed by atoms with Gasteiger partial charge in [-0.1, -0.05) is 357 Å². The van der Waals surface area contributed by atoms with Crippen molar-refractivity contribution in [3.05, 3.63) is 313 Å². The van der Waals surface area contributed by atoms with E-state index in [0.717, 1.165) is 12.8 Å². The molecule has 0 saturated carbocycles. The van der Waals surface area contributed by atoms with E-state index in [-0.39, 0.29) is 0 Å². The molecule has 0 heterocycles. The summed E-state index contributed by atoms with van der Waals surface area (Å²) in [5, 5.41) is 20.9. The number of benzene rings is 16. The van der Waals surface area contributed by atoms with Crippen LogP contribution in [-0.4, -0.2) is 0 Å². The van der Waals surface area contributed by atoms with Crippen molar-refractivity contribution >= 4 is 86.2 Å². The summed E-state index contributed by atoms with van der Waals surface area (Å²) < 4.78 is 0. The maximum Gasteiger partial charge on any atom is -0.00262 e. The number of hydrogen-bond acceptors (Lipinski definition) is 0. The van der Waals surface area contributed by atoms with Crippen LogP contribution in [0.15, 0.2) is 291 Å². The van der Waals surface area contributed by atoms with Gasteiger partial charge in [-0.05, 0) is 227 Å². The number of hydrogen-bond donors (Lipinski definition) is 0. The maximum absolute atomic E-state index is 2.49. The SMILES string of the molecule is CCCCCCCCc1cc(-c2ccc(-c3c4ccccc4c(-c4ccc5ccccc5c4)c4ccccc34)cc2)c2ccccc2c1C.CCCCCCCCc1cc(-c2ccc(-c3c4ccccc4c(-c4ccc5ccccc5c4)c4ccccc34)cc2)c2ccccc2c1C. The topological polar surface area (TPSA) is 0 Å². The Balaban J connectivity index is 0.000000160. The highest BCUT2D eigenvalue weighted by Gasteiger charge is 2.21. The first kappa shape index (κ1) is 63.6. The monoisotopic (exact) mass is 1260 g/mol. The molecule has 0 unspecified atom stereocenters. The maximum atomic E-state index is 2.49. The Hall–Kier alpha value is -10.4. The molecule has 16 aromatic carbocycles. The lowest BCUT2D eigenvalue weighted by molar-refractivity contribution is 0.607. The van der Waals surface area contributed by atoms with Crippen molar-refractivity contribution in [2.75, 3.05) is 0 Å². The smallest absolute Gasteiger partial charge is 0.00262 e. The van der Waals surface area contributed by atoms with Crippen LogP contribution in [0.5, 0.6) is 0 Å². The Morgan fingerprint density at radius 1 is 0.194 bits per heavy atom. The molecule has 0 bridgehead atoms. The van der Waals surface area contributed by atoms with Gasteiger partial charge in [-0.3, -0.25) is 0 Å². The van der Waals surface area contributed by atoms with Crippen LogP contribution in [0.2, 0.25) is 0 Å². The summed E-state index contributed by atoms with van der Waals surface area (Å²) in [7, 11) is 0. The van der Waals surface area contributed by atoms with Crippen LogP contribution >= 0.6 is 0 Å². The second-order valence-corrected chi connectivity index (χ2v) is 27.5. The van der Waals surface area contributed by atoms with Gasteiger partial charge >= 0.3 is 0 Å². The minimum atomic E-state index is 1.15. The van der Waals surface area contributed by atoms with Crippen LogP contribution in [-0.2, 0) is 12.8 Å². The van der Waals surface area contributed by atoms with Gasteiger partial charge in [0.1, 0.15) is 0 Å². The molecule has 16 rings (SSSR count). The quantitative estimate of drug-likeness (QED) is 0.0527. The summed E-state index contributed by atoms with van der Waals surface area (Å²) in [6.45, 7) is 9.22. The number of unbranched alkanes of at least 4 members (excludes halogenated alkanes) is 10. The van der Waals surface area contributed by atoms with E-state index in [1.807, 2.05) is 0 Å². The molecule has 0 nitrogen and oxygen atoms in total. The van der Waals surface area contributed by atoms with Crippen molar-refractivity contribution in [3.63, 3.8) is 0 Å². The molecule has 16 aromatic rings. The lowest BCUT2D eigenvalue weighted by atomic mass is 9.85. The fourth-order valence-electron chi connectivity index (χ4n) is 16.2. The van der Waals surface area contributed by atoms with E-state index in [9.17, 15) is 0 Å². The van der Waals surface area contributed by atoms with E-state index < -0.39 is 0 Å². The van der Waals surface area contributed by atoms with Gasteiger partial charge in [0.2, 0.25) is 0 Å². The van der Waals surface area contributed by atoms with Crippen molar-refractivity contribution < 1.29 is 0 Å². The zero-order valence-electron chi connectivity index (χ0n) is 57.6. The standard InChI is InChI=1S/2C49H44/c2*1-3-4-5-6-7-8-18-38-33-47(42-21-12-11-20-41(42)34(38)2)36-27-29-37(30-28-36)48-43-22-13-15-24-45(43)49(46-25-16-14-23-44(46)48)40-31-26-35-17-9-10-19-39(35)32-40/h2*9-17,19-33H,3-8,18H2,1-2H3. The highest BCUT2D eigenvalue weighted by atomic mass is 14.2. The molecule has 0 aliphatic carbocycles. The van der Waals surface area contributed by atoms with Gasteiger partial charge in [0, 0.05) is 0 Å². The molecule has 480 valence electrons. The summed E-state index contributed by atoms with van der Waals surface area (Å²) in [5.41, 5.74) is 21.4. The third kappa shape index (κ3) is 12.7. The highest BCUT2D eigenvalue weighted by molar-refractivity contribution is 6.23. The minimum Gasteiger partial charge on any atom is -0.0654 e. The minimum absolute atomic E-state index is 1.15. The lowest BCUT2D eigenvalue weighted by Crippen LogP contribution is -1.95. The number of aryl methyl sites for hydroxylation is 4. The Bertz CT molecular complexity index is 5080. The Morgan fingerprint density at radius 2 is 0.439 bits per heavy atom. The molecule has 0 saturated heterocycles. The summed E-state index contributed by atoms with van der Waals surface area (Å²) in [6, 6.07) is 109. The molecule has 0 N–H and O–H groups in total. The molecule has 0 atom stereocenters. The van der Waals surface area contributed by atoms with E-state index >= 15 is 0 Å². The van der Waals surface area contributed by atoms with Crippen LogP contribution < -0.4 is 0 Å². The predicted molar refractivity (Wildman–Crippen MR) is 429 cm³/mol. The number of fused-ring (bicyclic) bond motifs is 8. The Labute approximate surface area is 580 Å². The van der Waals surface area contributed by atoms with Gasteiger partial charge < -0.3 is 0 Å². The van der Waals surface area contributed by atoms with Gasteiger partial charge in [-0.2, -0.15) is 0 Å². The summed E-state index contributed by atoms with van der Waals surface area (Å²) in [4.78, 5) is 0.